The molecule has 1 heterocycles. The lowest BCUT2D eigenvalue weighted by atomic mass is 10.1. The Labute approximate surface area is 158 Å². The Kier molecular flexibility index (Phi) is 5.86. The first-order valence-electron chi connectivity index (χ1n) is 9.01. The molecule has 0 spiro atoms. The average molecular weight is 365 g/mol. The van der Waals surface area contributed by atoms with Crippen LogP contribution in [0.1, 0.15) is 28.8 Å². The summed E-state index contributed by atoms with van der Waals surface area (Å²) in [4.78, 5) is 39.0. The third-order valence-corrected chi connectivity index (χ3v) is 4.64. The molecular weight excluding hydrogens is 342 g/mol. The Balaban J connectivity index is 1.49. The number of benzene rings is 2. The summed E-state index contributed by atoms with van der Waals surface area (Å²) >= 11 is 0. The normalized spacial score (nSPS) is 13.7. The minimum Gasteiger partial charge on any atom is -0.373 e. The minimum atomic E-state index is -0.142. The Morgan fingerprint density at radius 1 is 1.00 bits per heavy atom. The number of carbonyl (C=O) groups excluding carboxylic acids is 3. The monoisotopic (exact) mass is 365 g/mol. The molecule has 0 radical (unpaired) electrons. The Hall–Kier alpha value is -3.15. The highest BCUT2D eigenvalue weighted by Gasteiger charge is 2.28. The summed E-state index contributed by atoms with van der Waals surface area (Å²) in [5.74, 6) is -0.412. The van der Waals surface area contributed by atoms with Crippen LogP contribution in [0.25, 0.3) is 0 Å². The van der Waals surface area contributed by atoms with Crippen LogP contribution in [-0.4, -0.2) is 42.8 Å². The molecule has 3 rings (SSSR count). The molecule has 6 heteroatoms. The van der Waals surface area contributed by atoms with Gasteiger partial charge in [-0.2, -0.15) is 0 Å². The third-order valence-electron chi connectivity index (χ3n) is 4.64. The summed E-state index contributed by atoms with van der Waals surface area (Å²) in [6.45, 7) is 1.50. The number of rotatable bonds is 7. The van der Waals surface area contributed by atoms with E-state index < -0.39 is 0 Å². The van der Waals surface area contributed by atoms with Crippen LogP contribution in [0.4, 0.5) is 5.69 Å². The van der Waals surface area contributed by atoms with Crippen molar-refractivity contribution in [2.45, 2.75) is 19.4 Å². The fourth-order valence-electron chi connectivity index (χ4n) is 2.99. The van der Waals surface area contributed by atoms with E-state index in [1.807, 2.05) is 37.4 Å². The van der Waals surface area contributed by atoms with Crippen LogP contribution >= 0.6 is 0 Å². The maximum atomic E-state index is 12.3. The molecule has 0 aromatic heterocycles. The van der Waals surface area contributed by atoms with E-state index in [1.54, 1.807) is 24.3 Å². The zero-order chi connectivity index (χ0) is 19.2. The van der Waals surface area contributed by atoms with Gasteiger partial charge in [-0.3, -0.25) is 19.3 Å². The summed E-state index contributed by atoms with van der Waals surface area (Å²) in [5.41, 5.74) is 2.49. The van der Waals surface area contributed by atoms with E-state index in [9.17, 15) is 14.4 Å². The van der Waals surface area contributed by atoms with Crippen LogP contribution in [-0.2, 0) is 16.1 Å². The summed E-state index contributed by atoms with van der Waals surface area (Å²) in [7, 11) is 1.98. The molecule has 0 atom stereocenters. The zero-order valence-electron chi connectivity index (χ0n) is 15.4. The molecule has 0 saturated carbocycles. The van der Waals surface area contributed by atoms with Crippen molar-refractivity contribution in [3.05, 3.63) is 65.7 Å². The molecule has 1 saturated heterocycles. The maximum Gasteiger partial charge on any atom is 0.251 e. The van der Waals surface area contributed by atoms with Gasteiger partial charge in [-0.25, -0.2) is 0 Å². The molecule has 1 aliphatic rings. The van der Waals surface area contributed by atoms with Gasteiger partial charge in [0.15, 0.2) is 0 Å². The van der Waals surface area contributed by atoms with E-state index in [1.165, 1.54) is 4.90 Å². The van der Waals surface area contributed by atoms with Gasteiger partial charge in [0.2, 0.25) is 11.8 Å². The molecule has 1 aliphatic heterocycles. The fraction of sp³-hybridized carbons (Fsp3) is 0.286. The minimum absolute atomic E-state index is 0.135. The SMILES string of the molecule is CN(CCNC(=O)c1ccc(CN2C(=O)CCC2=O)cc1)c1ccccc1. The summed E-state index contributed by atoms with van der Waals surface area (Å²) < 4.78 is 0. The molecule has 140 valence electrons. The predicted octanol–water partition coefficient (Wildman–Crippen LogP) is 2.20. The Bertz CT molecular complexity index is 802. The van der Waals surface area contributed by atoms with Crippen molar-refractivity contribution < 1.29 is 14.4 Å². The van der Waals surface area contributed by atoms with Gasteiger partial charge in [0.25, 0.3) is 5.91 Å². The lowest BCUT2D eigenvalue weighted by molar-refractivity contribution is -0.139. The van der Waals surface area contributed by atoms with Crippen molar-refractivity contribution in [2.24, 2.45) is 0 Å². The van der Waals surface area contributed by atoms with Crippen molar-refractivity contribution in [3.8, 4) is 0 Å². The second-order valence-corrected chi connectivity index (χ2v) is 6.58. The van der Waals surface area contributed by atoms with Gasteiger partial charge in [-0.15, -0.1) is 0 Å². The smallest absolute Gasteiger partial charge is 0.251 e. The van der Waals surface area contributed by atoms with Gasteiger partial charge in [-0.1, -0.05) is 30.3 Å². The largest absolute Gasteiger partial charge is 0.373 e. The lowest BCUT2D eigenvalue weighted by Gasteiger charge is -2.19. The second-order valence-electron chi connectivity index (χ2n) is 6.58. The number of likely N-dealkylation sites (N-methyl/N-ethyl adjacent to an activating group) is 1. The first kappa shape index (κ1) is 18.6. The van der Waals surface area contributed by atoms with Crippen molar-refractivity contribution in [2.75, 3.05) is 25.0 Å². The van der Waals surface area contributed by atoms with E-state index in [-0.39, 0.29) is 37.1 Å². The number of hydrogen-bond acceptors (Lipinski definition) is 4. The molecule has 1 N–H and O–H groups in total. The van der Waals surface area contributed by atoms with Crippen LogP contribution in [0.15, 0.2) is 54.6 Å². The Morgan fingerprint density at radius 3 is 2.26 bits per heavy atom. The van der Waals surface area contributed by atoms with E-state index >= 15 is 0 Å². The van der Waals surface area contributed by atoms with Crippen molar-refractivity contribution in [1.82, 2.24) is 10.2 Å². The van der Waals surface area contributed by atoms with Gasteiger partial charge in [0.05, 0.1) is 6.54 Å². The van der Waals surface area contributed by atoms with E-state index in [0.717, 1.165) is 11.3 Å². The standard InChI is InChI=1S/C21H23N3O3/c1-23(18-5-3-2-4-6-18)14-13-22-21(27)17-9-7-16(8-10-17)15-24-19(25)11-12-20(24)26/h2-10H,11-15H2,1H3,(H,22,27). The first-order chi connectivity index (χ1) is 13.0. The first-order valence-corrected chi connectivity index (χ1v) is 9.01. The summed E-state index contributed by atoms with van der Waals surface area (Å²) in [6.07, 6.45) is 0.577. The van der Waals surface area contributed by atoms with Crippen LogP contribution in [0.5, 0.6) is 0 Å². The number of anilines is 1. The van der Waals surface area contributed by atoms with Gasteiger partial charge in [-0.05, 0) is 29.8 Å². The highest BCUT2D eigenvalue weighted by atomic mass is 16.2. The molecule has 1 fully saturated rings. The number of amides is 3. The molecular formula is C21H23N3O3. The second kappa shape index (κ2) is 8.49. The summed E-state index contributed by atoms with van der Waals surface area (Å²) in [5, 5.41) is 2.91. The highest BCUT2D eigenvalue weighted by Crippen LogP contribution is 2.16. The van der Waals surface area contributed by atoms with Gasteiger partial charge in [0, 0.05) is 44.2 Å². The number of carbonyl (C=O) groups is 3. The van der Waals surface area contributed by atoms with Crippen LogP contribution in [0, 0.1) is 0 Å². The zero-order valence-corrected chi connectivity index (χ0v) is 15.4. The maximum absolute atomic E-state index is 12.3. The fourth-order valence-corrected chi connectivity index (χ4v) is 2.99. The molecule has 0 unspecified atom stereocenters. The lowest BCUT2D eigenvalue weighted by Crippen LogP contribution is -2.33. The third kappa shape index (κ3) is 4.73. The van der Waals surface area contributed by atoms with Crippen LogP contribution in [0.3, 0.4) is 0 Å². The number of likely N-dealkylation sites (tertiary alicyclic amines) is 1. The molecule has 2 aromatic rings. The van der Waals surface area contributed by atoms with Crippen molar-refractivity contribution in [1.29, 1.82) is 0 Å². The van der Waals surface area contributed by atoms with E-state index in [0.29, 0.717) is 18.7 Å². The van der Waals surface area contributed by atoms with E-state index in [4.69, 9.17) is 0 Å². The Morgan fingerprint density at radius 2 is 1.63 bits per heavy atom. The summed E-state index contributed by atoms with van der Waals surface area (Å²) in [6, 6.07) is 17.0. The number of nitrogens with zero attached hydrogens (tertiary/aromatic N) is 2. The molecule has 0 bridgehead atoms. The van der Waals surface area contributed by atoms with Gasteiger partial charge in [0.1, 0.15) is 0 Å². The number of hydrogen-bond donors (Lipinski definition) is 1. The molecule has 27 heavy (non-hydrogen) atoms. The highest BCUT2D eigenvalue weighted by molar-refractivity contribution is 6.01. The van der Waals surface area contributed by atoms with Crippen molar-refractivity contribution >= 4 is 23.4 Å². The quantitative estimate of drug-likeness (QED) is 0.764. The molecule has 6 nitrogen and oxygen atoms in total. The number of imide groups is 1. The van der Waals surface area contributed by atoms with Crippen molar-refractivity contribution in [3.63, 3.8) is 0 Å². The average Bonchev–Trinajstić information content (AvgIpc) is 3.01. The number of nitrogens with one attached hydrogen (secondary N) is 1. The van der Waals surface area contributed by atoms with E-state index in [2.05, 4.69) is 10.2 Å². The number of para-hydroxylation sites is 1. The predicted molar refractivity (Wildman–Crippen MR) is 103 cm³/mol. The molecule has 2 aromatic carbocycles. The van der Waals surface area contributed by atoms with Crippen LogP contribution < -0.4 is 10.2 Å². The van der Waals surface area contributed by atoms with Gasteiger partial charge < -0.3 is 10.2 Å². The molecule has 3 amide bonds. The molecule has 0 aliphatic carbocycles. The van der Waals surface area contributed by atoms with Gasteiger partial charge >= 0.3 is 0 Å². The topological polar surface area (TPSA) is 69.7 Å². The van der Waals surface area contributed by atoms with Crippen LogP contribution in [0.2, 0.25) is 0 Å².